The van der Waals surface area contributed by atoms with Gasteiger partial charge in [0.25, 0.3) is 0 Å². The van der Waals surface area contributed by atoms with Gasteiger partial charge in [-0.2, -0.15) is 0 Å². The Bertz CT molecular complexity index is 487. The monoisotopic (exact) mass is 308 g/mol. The second-order valence-electron chi connectivity index (χ2n) is 5.53. The van der Waals surface area contributed by atoms with Crippen molar-refractivity contribution in [2.75, 3.05) is 33.4 Å². The summed E-state index contributed by atoms with van der Waals surface area (Å²) in [5.74, 6) is 0.816. The first-order chi connectivity index (χ1) is 10.6. The lowest BCUT2D eigenvalue weighted by Gasteiger charge is -2.33. The van der Waals surface area contributed by atoms with Gasteiger partial charge in [-0.05, 0) is 44.0 Å². The molecule has 1 heterocycles. The molecule has 2 rings (SSSR count). The summed E-state index contributed by atoms with van der Waals surface area (Å²) >= 11 is 0. The van der Waals surface area contributed by atoms with Gasteiger partial charge in [0.1, 0.15) is 12.7 Å². The van der Waals surface area contributed by atoms with E-state index in [9.17, 15) is 9.90 Å². The number of carbonyl (C=O) groups excluding carboxylic acids is 1. The van der Waals surface area contributed by atoms with Crippen molar-refractivity contribution >= 4 is 5.91 Å². The number of carbonyl (C=O) groups is 1. The molecule has 1 atom stereocenters. The van der Waals surface area contributed by atoms with Crippen LogP contribution in [0.5, 0.6) is 11.5 Å². The average Bonchev–Trinajstić information content (AvgIpc) is 2.55. The van der Waals surface area contributed by atoms with Crippen LogP contribution in [0.25, 0.3) is 0 Å². The van der Waals surface area contributed by atoms with Gasteiger partial charge in [-0.3, -0.25) is 9.69 Å². The fourth-order valence-electron chi connectivity index (χ4n) is 2.75. The number of piperidine rings is 1. The number of ether oxygens (including phenoxy) is 2. The summed E-state index contributed by atoms with van der Waals surface area (Å²) in [6.45, 7) is 3.05. The van der Waals surface area contributed by atoms with Crippen LogP contribution in [-0.2, 0) is 4.79 Å². The van der Waals surface area contributed by atoms with Gasteiger partial charge in [-0.1, -0.05) is 12.1 Å². The largest absolute Gasteiger partial charge is 0.493 e. The number of likely N-dealkylation sites (tertiary alicyclic amines) is 1. The van der Waals surface area contributed by atoms with E-state index in [0.29, 0.717) is 6.61 Å². The van der Waals surface area contributed by atoms with Crippen molar-refractivity contribution in [3.8, 4) is 11.5 Å². The molecule has 22 heavy (non-hydrogen) atoms. The van der Waals surface area contributed by atoms with Crippen LogP contribution in [0, 0.1) is 5.92 Å². The minimum Gasteiger partial charge on any atom is -0.493 e. The van der Waals surface area contributed by atoms with Gasteiger partial charge in [0, 0.05) is 6.54 Å². The first kappa shape index (κ1) is 16.6. The van der Waals surface area contributed by atoms with Crippen molar-refractivity contribution < 1.29 is 19.4 Å². The first-order valence-electron chi connectivity index (χ1n) is 7.57. The van der Waals surface area contributed by atoms with E-state index < -0.39 is 12.0 Å². The lowest BCUT2D eigenvalue weighted by atomic mass is 9.91. The smallest absolute Gasteiger partial charge is 0.246 e. The summed E-state index contributed by atoms with van der Waals surface area (Å²) < 4.78 is 11.0. The molecule has 0 aromatic heterocycles. The Morgan fingerprint density at radius 1 is 1.36 bits per heavy atom. The van der Waals surface area contributed by atoms with Crippen LogP contribution in [0.2, 0.25) is 0 Å². The maximum Gasteiger partial charge on any atom is 0.246 e. The predicted molar refractivity (Wildman–Crippen MR) is 82.9 cm³/mol. The highest BCUT2D eigenvalue weighted by Gasteiger charge is 2.28. The van der Waals surface area contributed by atoms with Gasteiger partial charge in [0.05, 0.1) is 7.11 Å². The van der Waals surface area contributed by atoms with E-state index in [1.54, 1.807) is 7.11 Å². The molecule has 1 aromatic rings. The highest BCUT2D eigenvalue weighted by Crippen LogP contribution is 2.26. The number of aliphatic hydroxyl groups is 1. The van der Waals surface area contributed by atoms with Gasteiger partial charge in [0.2, 0.25) is 5.91 Å². The number of hydrogen-bond donors (Lipinski definition) is 2. The number of nitrogens with zero attached hydrogens (tertiary/aromatic N) is 1. The van der Waals surface area contributed by atoms with Crippen LogP contribution in [0.4, 0.5) is 0 Å². The molecule has 0 aliphatic carbocycles. The van der Waals surface area contributed by atoms with E-state index in [1.165, 1.54) is 0 Å². The molecule has 1 aromatic carbocycles. The zero-order valence-electron chi connectivity index (χ0n) is 12.9. The summed E-state index contributed by atoms with van der Waals surface area (Å²) in [5.41, 5.74) is 5.14. The van der Waals surface area contributed by atoms with E-state index in [4.69, 9.17) is 15.2 Å². The Morgan fingerprint density at radius 2 is 2.00 bits per heavy atom. The Hall–Kier alpha value is -1.79. The summed E-state index contributed by atoms with van der Waals surface area (Å²) in [6, 6.07) is 7.56. The molecule has 1 aliphatic heterocycles. The van der Waals surface area contributed by atoms with Gasteiger partial charge < -0.3 is 20.3 Å². The van der Waals surface area contributed by atoms with Crippen molar-refractivity contribution in [3.05, 3.63) is 24.3 Å². The molecular weight excluding hydrogens is 284 g/mol. The third-order valence-corrected chi connectivity index (χ3v) is 4.10. The molecule has 1 amide bonds. The first-order valence-corrected chi connectivity index (χ1v) is 7.57. The highest BCUT2D eigenvalue weighted by molar-refractivity contribution is 5.78. The number of primary amides is 1. The zero-order valence-corrected chi connectivity index (χ0v) is 12.9. The molecule has 6 heteroatoms. The van der Waals surface area contributed by atoms with E-state index in [0.717, 1.165) is 44.0 Å². The van der Waals surface area contributed by atoms with Crippen molar-refractivity contribution in [2.45, 2.75) is 18.9 Å². The summed E-state index contributed by atoms with van der Waals surface area (Å²) in [4.78, 5) is 13.3. The SMILES string of the molecule is COc1ccccc1OCCN1CCC(C(O)C(N)=O)CC1. The molecule has 1 saturated heterocycles. The van der Waals surface area contributed by atoms with Crippen LogP contribution >= 0.6 is 0 Å². The second-order valence-corrected chi connectivity index (χ2v) is 5.53. The molecule has 1 fully saturated rings. The Morgan fingerprint density at radius 3 is 2.59 bits per heavy atom. The zero-order chi connectivity index (χ0) is 15.9. The summed E-state index contributed by atoms with van der Waals surface area (Å²) in [7, 11) is 1.62. The Kier molecular flexibility index (Phi) is 6.03. The van der Waals surface area contributed by atoms with E-state index in [-0.39, 0.29) is 5.92 Å². The number of benzene rings is 1. The molecule has 0 spiro atoms. The number of nitrogens with two attached hydrogens (primary N) is 1. The topological polar surface area (TPSA) is 85.0 Å². The number of hydrogen-bond acceptors (Lipinski definition) is 5. The van der Waals surface area contributed by atoms with E-state index >= 15 is 0 Å². The molecule has 0 radical (unpaired) electrons. The summed E-state index contributed by atoms with van der Waals surface area (Å²) in [6.07, 6.45) is 0.532. The summed E-state index contributed by atoms with van der Waals surface area (Å²) in [5, 5.41) is 9.69. The molecular formula is C16H24N2O4. The van der Waals surface area contributed by atoms with E-state index in [2.05, 4.69) is 4.90 Å². The third-order valence-electron chi connectivity index (χ3n) is 4.10. The normalized spacial score (nSPS) is 17.9. The van der Waals surface area contributed by atoms with Crippen molar-refractivity contribution in [3.63, 3.8) is 0 Å². The number of amides is 1. The van der Waals surface area contributed by atoms with Crippen molar-refractivity contribution in [1.82, 2.24) is 4.90 Å². The fourth-order valence-corrected chi connectivity index (χ4v) is 2.75. The van der Waals surface area contributed by atoms with Gasteiger partial charge in [0.15, 0.2) is 11.5 Å². The average molecular weight is 308 g/mol. The number of aliphatic hydroxyl groups excluding tert-OH is 1. The highest BCUT2D eigenvalue weighted by atomic mass is 16.5. The minimum atomic E-state index is -1.02. The molecule has 3 N–H and O–H groups in total. The van der Waals surface area contributed by atoms with Crippen LogP contribution in [-0.4, -0.2) is 55.4 Å². The van der Waals surface area contributed by atoms with Crippen molar-refractivity contribution in [2.24, 2.45) is 11.7 Å². The number of rotatable bonds is 7. The van der Waals surface area contributed by atoms with Gasteiger partial charge >= 0.3 is 0 Å². The van der Waals surface area contributed by atoms with E-state index in [1.807, 2.05) is 24.3 Å². The number of methoxy groups -OCH3 is 1. The molecule has 6 nitrogen and oxygen atoms in total. The van der Waals surface area contributed by atoms with Gasteiger partial charge in [-0.15, -0.1) is 0 Å². The molecule has 1 aliphatic rings. The van der Waals surface area contributed by atoms with Gasteiger partial charge in [-0.25, -0.2) is 0 Å². The molecule has 1 unspecified atom stereocenters. The maximum absolute atomic E-state index is 11.0. The molecule has 0 bridgehead atoms. The maximum atomic E-state index is 11.0. The lowest BCUT2D eigenvalue weighted by molar-refractivity contribution is -0.129. The minimum absolute atomic E-state index is 0.0242. The van der Waals surface area contributed by atoms with Crippen LogP contribution < -0.4 is 15.2 Å². The van der Waals surface area contributed by atoms with Crippen LogP contribution in [0.1, 0.15) is 12.8 Å². The van der Waals surface area contributed by atoms with Crippen LogP contribution in [0.15, 0.2) is 24.3 Å². The van der Waals surface area contributed by atoms with Crippen LogP contribution in [0.3, 0.4) is 0 Å². The quantitative estimate of drug-likeness (QED) is 0.772. The second kappa shape index (κ2) is 8.00. The number of para-hydroxylation sites is 2. The Balaban J connectivity index is 1.72. The Labute approximate surface area is 130 Å². The van der Waals surface area contributed by atoms with Crippen molar-refractivity contribution in [1.29, 1.82) is 0 Å². The lowest BCUT2D eigenvalue weighted by Crippen LogP contribution is -2.43. The predicted octanol–water partition coefficient (Wildman–Crippen LogP) is 0.632. The molecule has 0 saturated carbocycles. The third kappa shape index (κ3) is 4.35. The standard InChI is InChI=1S/C16H24N2O4/c1-21-13-4-2-3-5-14(13)22-11-10-18-8-6-12(7-9-18)15(19)16(17)20/h2-5,12,15,19H,6-11H2,1H3,(H2,17,20). The fraction of sp³-hybridized carbons (Fsp3) is 0.562. The molecule has 122 valence electrons.